The lowest BCUT2D eigenvalue weighted by atomic mass is 10.1. The van der Waals surface area contributed by atoms with E-state index in [9.17, 15) is 18.9 Å². The van der Waals surface area contributed by atoms with Crippen molar-refractivity contribution >= 4 is 86.5 Å². The maximum atomic E-state index is 12.9. The van der Waals surface area contributed by atoms with Gasteiger partial charge in [0.1, 0.15) is 10.6 Å². The Hall–Kier alpha value is -2.27. The number of amides is 2. The molecule has 1 aromatic heterocycles. The lowest BCUT2D eigenvalue weighted by Crippen LogP contribution is -2.18. The third-order valence-corrected chi connectivity index (χ3v) is 7.73. The molecule has 3 rings (SSSR count). The highest BCUT2D eigenvalue weighted by molar-refractivity contribution is 7.91. The summed E-state index contributed by atoms with van der Waals surface area (Å²) in [6.07, 6.45) is 0. The van der Waals surface area contributed by atoms with Gasteiger partial charge in [0.25, 0.3) is 11.8 Å². The molecule has 0 radical (unpaired) electrons. The predicted octanol–water partition coefficient (Wildman–Crippen LogP) is 5.63. The lowest BCUT2D eigenvalue weighted by Gasteiger charge is -2.12. The summed E-state index contributed by atoms with van der Waals surface area (Å²) >= 11 is 17.7. The first-order valence-corrected chi connectivity index (χ1v) is 13.0. The van der Waals surface area contributed by atoms with Gasteiger partial charge in [0.15, 0.2) is 0 Å². The van der Waals surface area contributed by atoms with Crippen molar-refractivity contribution in [3.8, 4) is 0 Å². The monoisotopic (exact) mass is 558 g/mol. The Morgan fingerprint density at radius 3 is 2.32 bits per heavy atom. The van der Waals surface area contributed by atoms with Gasteiger partial charge in [0.05, 0.1) is 28.3 Å². The van der Waals surface area contributed by atoms with Crippen LogP contribution in [0.1, 0.15) is 24.9 Å². The van der Waals surface area contributed by atoms with Crippen molar-refractivity contribution in [3.05, 3.63) is 78.9 Å². The van der Waals surface area contributed by atoms with Gasteiger partial charge in [-0.1, -0.05) is 34.8 Å². The number of anilines is 2. The van der Waals surface area contributed by atoms with E-state index in [2.05, 4.69) is 15.4 Å². The Labute approximate surface area is 217 Å². The van der Waals surface area contributed by atoms with E-state index in [0.717, 1.165) is 11.3 Å². The Morgan fingerprint density at radius 2 is 1.65 bits per heavy atom. The molecule has 0 saturated carbocycles. The summed E-state index contributed by atoms with van der Waals surface area (Å²) in [5.74, 6) is -1.85. The summed E-state index contributed by atoms with van der Waals surface area (Å²) < 4.78 is 16.6. The smallest absolute Gasteiger partial charge is 0.356 e. The predicted molar refractivity (Wildman–Crippen MR) is 137 cm³/mol. The number of esters is 1. The van der Waals surface area contributed by atoms with Crippen molar-refractivity contribution in [1.82, 2.24) is 0 Å². The van der Waals surface area contributed by atoms with E-state index in [4.69, 9.17) is 34.8 Å². The Kier molecular flexibility index (Phi) is 9.24. The Morgan fingerprint density at radius 1 is 0.971 bits per heavy atom. The molecule has 0 aliphatic carbocycles. The molecule has 2 amide bonds. The van der Waals surface area contributed by atoms with Crippen molar-refractivity contribution in [2.45, 2.75) is 5.75 Å². The molecular weight excluding hydrogens is 543 g/mol. The lowest BCUT2D eigenvalue weighted by molar-refractivity contribution is -0.137. The molecule has 1 unspecified atom stereocenters. The van der Waals surface area contributed by atoms with E-state index in [-0.39, 0.29) is 32.7 Å². The third-order valence-electron chi connectivity index (χ3n) is 4.33. The van der Waals surface area contributed by atoms with Crippen LogP contribution in [0.25, 0.3) is 0 Å². The normalized spacial score (nSPS) is 11.6. The number of thiophene rings is 1. The molecule has 0 saturated heterocycles. The quantitative estimate of drug-likeness (QED) is 0.275. The van der Waals surface area contributed by atoms with Crippen LogP contribution in [-0.2, 0) is 26.5 Å². The second-order valence-corrected chi connectivity index (χ2v) is 10.7. The number of halogens is 3. The average molecular weight is 560 g/mol. The number of ether oxygens (including phenoxy) is 1. The van der Waals surface area contributed by atoms with Crippen LogP contribution < -0.4 is 10.6 Å². The third kappa shape index (κ3) is 7.11. The first-order valence-electron chi connectivity index (χ1n) is 9.54. The van der Waals surface area contributed by atoms with Crippen molar-refractivity contribution < 1.29 is 23.7 Å². The Bertz CT molecular complexity index is 1220. The molecule has 2 N–H and O–H groups in total. The summed E-state index contributed by atoms with van der Waals surface area (Å²) in [5.41, 5.74) is 0.876. The zero-order valence-corrected chi connectivity index (χ0v) is 21.4. The van der Waals surface area contributed by atoms with E-state index >= 15 is 0 Å². The van der Waals surface area contributed by atoms with E-state index in [1.165, 1.54) is 31.4 Å². The fourth-order valence-corrected chi connectivity index (χ4v) is 5.71. The number of rotatable bonds is 8. The summed E-state index contributed by atoms with van der Waals surface area (Å²) in [6, 6.07) is 12.5. The molecule has 7 nitrogen and oxygen atoms in total. The minimum atomic E-state index is -1.51. The molecule has 0 spiro atoms. The molecule has 0 aliphatic heterocycles. The van der Waals surface area contributed by atoms with Gasteiger partial charge in [-0.25, -0.2) is 4.79 Å². The molecule has 3 aromatic rings. The standard InChI is InChI=1S/C22H17Cl3N2O5S2/c1-32-19(28)11-34(31)10-15-9-17(25)20(33-15)22(30)27-18-7-4-13(24)8-16(18)21(29)26-14-5-2-12(23)3-6-14/h2-9H,10-11H2,1H3,(H,26,29)(H,27,30). The Balaban J connectivity index is 1.76. The fourth-order valence-electron chi connectivity index (χ4n) is 2.77. The van der Waals surface area contributed by atoms with Crippen LogP contribution in [-0.4, -0.2) is 35.2 Å². The molecule has 2 aromatic carbocycles. The van der Waals surface area contributed by atoms with Crippen molar-refractivity contribution in [1.29, 1.82) is 0 Å². The fraction of sp³-hybridized carbons (Fsp3) is 0.136. The minimum absolute atomic E-state index is 0.0441. The molecule has 0 bridgehead atoms. The minimum Gasteiger partial charge on any atom is -0.616 e. The van der Waals surface area contributed by atoms with Crippen molar-refractivity contribution in [2.75, 3.05) is 23.5 Å². The van der Waals surface area contributed by atoms with Crippen LogP contribution in [0.15, 0.2) is 48.5 Å². The molecule has 0 fully saturated rings. The summed E-state index contributed by atoms with van der Waals surface area (Å²) in [4.78, 5) is 37.8. The highest BCUT2D eigenvalue weighted by Crippen LogP contribution is 2.30. The van der Waals surface area contributed by atoms with E-state index in [1.807, 2.05) is 0 Å². The SMILES string of the molecule is COC(=O)C[S+]([O-])Cc1cc(Cl)c(C(=O)Nc2ccc(Cl)cc2C(=O)Nc2ccc(Cl)cc2)s1. The van der Waals surface area contributed by atoms with Gasteiger partial charge in [-0.15, -0.1) is 11.3 Å². The molecule has 1 atom stereocenters. The van der Waals surface area contributed by atoms with Gasteiger partial charge in [-0.3, -0.25) is 9.59 Å². The highest BCUT2D eigenvalue weighted by Gasteiger charge is 2.22. The molecule has 12 heteroatoms. The van der Waals surface area contributed by atoms with E-state index in [0.29, 0.717) is 20.6 Å². The van der Waals surface area contributed by atoms with Crippen molar-refractivity contribution in [3.63, 3.8) is 0 Å². The molecular formula is C22H17Cl3N2O5S2. The first kappa shape index (κ1) is 26.3. The van der Waals surface area contributed by atoms with Crippen LogP contribution in [0.2, 0.25) is 15.1 Å². The van der Waals surface area contributed by atoms with Gasteiger partial charge in [-0.05, 0) is 59.7 Å². The highest BCUT2D eigenvalue weighted by atomic mass is 35.5. The number of nitrogens with one attached hydrogen (secondary N) is 2. The zero-order chi connectivity index (χ0) is 24.8. The topological polar surface area (TPSA) is 108 Å². The number of carbonyl (C=O) groups is 3. The number of hydrogen-bond acceptors (Lipinski definition) is 6. The first-order chi connectivity index (χ1) is 16.2. The summed E-state index contributed by atoms with van der Waals surface area (Å²) in [5, 5.41) is 6.39. The largest absolute Gasteiger partial charge is 0.616 e. The van der Waals surface area contributed by atoms with Gasteiger partial charge in [0.2, 0.25) is 5.75 Å². The summed E-state index contributed by atoms with van der Waals surface area (Å²) in [6.45, 7) is 0. The number of benzene rings is 2. The molecule has 0 aliphatic rings. The molecule has 1 heterocycles. The number of hydrogen-bond donors (Lipinski definition) is 2. The van der Waals surface area contributed by atoms with Crippen LogP contribution in [0.4, 0.5) is 11.4 Å². The van der Waals surface area contributed by atoms with Crippen LogP contribution in [0.5, 0.6) is 0 Å². The van der Waals surface area contributed by atoms with Crippen molar-refractivity contribution in [2.24, 2.45) is 0 Å². The van der Waals surface area contributed by atoms with Crippen LogP contribution in [0, 0.1) is 0 Å². The molecule has 34 heavy (non-hydrogen) atoms. The van der Waals surface area contributed by atoms with Gasteiger partial charge < -0.3 is 19.9 Å². The van der Waals surface area contributed by atoms with Crippen LogP contribution >= 0.6 is 46.1 Å². The van der Waals surface area contributed by atoms with Crippen LogP contribution in [0.3, 0.4) is 0 Å². The molecule has 178 valence electrons. The average Bonchev–Trinajstić information content (AvgIpc) is 3.16. The second-order valence-electron chi connectivity index (χ2n) is 6.80. The van der Waals surface area contributed by atoms with E-state index in [1.54, 1.807) is 24.3 Å². The maximum absolute atomic E-state index is 12.9. The maximum Gasteiger partial charge on any atom is 0.356 e. The number of carbonyl (C=O) groups excluding carboxylic acids is 3. The van der Waals surface area contributed by atoms with Gasteiger partial charge in [0, 0.05) is 15.7 Å². The van der Waals surface area contributed by atoms with Gasteiger partial charge in [-0.2, -0.15) is 0 Å². The number of methoxy groups -OCH3 is 1. The second kappa shape index (κ2) is 11.9. The zero-order valence-electron chi connectivity index (χ0n) is 17.5. The van der Waals surface area contributed by atoms with Gasteiger partial charge >= 0.3 is 5.97 Å². The summed E-state index contributed by atoms with van der Waals surface area (Å²) in [7, 11) is 1.21. The van der Waals surface area contributed by atoms with E-state index < -0.39 is 29.0 Å².